The molecule has 0 fully saturated rings. The first-order valence-corrected chi connectivity index (χ1v) is 13.4. The van der Waals surface area contributed by atoms with Gasteiger partial charge in [-0.15, -0.1) is 10.2 Å². The number of nitrogens with zero attached hydrogens (tertiary/aromatic N) is 5. The summed E-state index contributed by atoms with van der Waals surface area (Å²) in [5, 5.41) is 13.2. The summed E-state index contributed by atoms with van der Waals surface area (Å²) in [6.45, 7) is 4.43. The van der Waals surface area contributed by atoms with Gasteiger partial charge in [-0.3, -0.25) is 15.0 Å². The van der Waals surface area contributed by atoms with Gasteiger partial charge in [0.05, 0.1) is 28.5 Å². The molecule has 4 N–H and O–H groups in total. The lowest BCUT2D eigenvalue weighted by Crippen LogP contribution is -2.60. The third-order valence-electron chi connectivity index (χ3n) is 6.03. The second-order valence-electron chi connectivity index (χ2n) is 9.87. The van der Waals surface area contributed by atoms with E-state index < -0.39 is 42.2 Å². The van der Waals surface area contributed by atoms with Crippen molar-refractivity contribution in [1.29, 1.82) is 0 Å². The Bertz CT molecular complexity index is 1660. The number of anilines is 1. The molecular formula is C25H22Cl2F7N9O2. The van der Waals surface area contributed by atoms with E-state index in [1.54, 1.807) is 26.2 Å². The van der Waals surface area contributed by atoms with E-state index in [4.69, 9.17) is 23.2 Å². The summed E-state index contributed by atoms with van der Waals surface area (Å²) in [7, 11) is 0. The van der Waals surface area contributed by atoms with E-state index in [9.17, 15) is 40.3 Å². The fourth-order valence-electron chi connectivity index (χ4n) is 3.96. The highest BCUT2D eigenvalue weighted by molar-refractivity contribution is 6.32. The first-order chi connectivity index (χ1) is 20.8. The van der Waals surface area contributed by atoms with Crippen LogP contribution in [0, 0.1) is 6.92 Å². The number of rotatable bonds is 9. The van der Waals surface area contributed by atoms with Crippen molar-refractivity contribution in [2.24, 2.45) is 5.10 Å². The molecule has 1 aliphatic heterocycles. The van der Waals surface area contributed by atoms with Gasteiger partial charge in [-0.25, -0.2) is 15.2 Å². The molecule has 0 radical (unpaired) electrons. The van der Waals surface area contributed by atoms with Crippen molar-refractivity contribution in [3.8, 4) is 5.82 Å². The van der Waals surface area contributed by atoms with Gasteiger partial charge in [0.25, 0.3) is 11.8 Å². The molecule has 3 aromatic rings. The molecule has 0 unspecified atom stereocenters. The molecule has 0 bridgehead atoms. The molecule has 0 saturated heterocycles. The van der Waals surface area contributed by atoms with Crippen molar-refractivity contribution in [2.75, 3.05) is 5.32 Å². The molecule has 1 aromatic carbocycles. The van der Waals surface area contributed by atoms with Crippen LogP contribution in [0.25, 0.3) is 5.82 Å². The summed E-state index contributed by atoms with van der Waals surface area (Å²) in [6.07, 6.45) is -5.25. The van der Waals surface area contributed by atoms with Crippen molar-refractivity contribution >= 4 is 46.5 Å². The number of nitrogens with one attached hydrogen (secondary N) is 4. The standard InChI is InChI=1S/C25H22Cl2F7N9O2/c1-11(2)36-20(44)15-8-13(26)7-12(3)18(15)37-21(45)17-9-14(39-43(17)19-16(27)5-4-6-35-19)10-42-40-22(38-41-42)23(28,29)24(30,31)25(32,33)34/h4-9,11,41H,10H2,1-3H3,(H,36,44)(H,37,45)(H,38,40). The zero-order chi connectivity index (χ0) is 33.5. The summed E-state index contributed by atoms with van der Waals surface area (Å²) in [5.74, 6) is -15.7. The van der Waals surface area contributed by atoms with Crippen molar-refractivity contribution in [1.82, 2.24) is 36.2 Å². The minimum atomic E-state index is -6.57. The van der Waals surface area contributed by atoms with E-state index in [1.807, 2.05) is 5.53 Å². The van der Waals surface area contributed by atoms with E-state index in [-0.39, 0.29) is 44.5 Å². The van der Waals surface area contributed by atoms with Crippen LogP contribution in [0.15, 0.2) is 41.6 Å². The normalized spacial score (nSPS) is 14.2. The van der Waals surface area contributed by atoms with E-state index >= 15 is 0 Å². The first-order valence-electron chi connectivity index (χ1n) is 12.7. The number of carbonyl (C=O) groups excluding carboxylic acids is 2. The topological polar surface area (TPSA) is 129 Å². The molecule has 0 saturated carbocycles. The van der Waals surface area contributed by atoms with Crippen molar-refractivity contribution < 1.29 is 40.3 Å². The van der Waals surface area contributed by atoms with Crippen LogP contribution in [0.4, 0.5) is 36.4 Å². The van der Waals surface area contributed by atoms with Gasteiger partial charge in [0.2, 0.25) is 5.84 Å². The molecular weight excluding hydrogens is 662 g/mol. The van der Waals surface area contributed by atoms with Gasteiger partial charge in [0.15, 0.2) is 5.82 Å². The molecule has 0 atom stereocenters. The molecule has 242 valence electrons. The number of carbonyl (C=O) groups is 2. The van der Waals surface area contributed by atoms with Gasteiger partial charge < -0.3 is 10.6 Å². The SMILES string of the molecule is Cc1cc(Cl)cc(C(=O)NC(C)C)c1NC(=O)c1cc(CN2NN=C(C(F)(F)C(F)(F)C(F)(F)F)N2)nn1-c1ncccc1Cl. The molecule has 1 aliphatic rings. The number of pyridine rings is 1. The maximum Gasteiger partial charge on any atom is 0.460 e. The molecule has 0 aliphatic carbocycles. The number of aromatic nitrogens is 3. The average Bonchev–Trinajstić information content (AvgIpc) is 3.57. The van der Waals surface area contributed by atoms with Crippen molar-refractivity contribution in [2.45, 2.75) is 51.4 Å². The number of amides is 2. The highest BCUT2D eigenvalue weighted by Gasteiger charge is 2.75. The Hall–Kier alpha value is -4.16. The molecule has 2 aromatic heterocycles. The highest BCUT2D eigenvalue weighted by atomic mass is 35.5. The lowest BCUT2D eigenvalue weighted by atomic mass is 10.1. The monoisotopic (exact) mass is 683 g/mol. The maximum atomic E-state index is 14.1. The Morgan fingerprint density at radius 3 is 2.36 bits per heavy atom. The van der Waals surface area contributed by atoms with Crippen LogP contribution in [0.5, 0.6) is 0 Å². The van der Waals surface area contributed by atoms with Crippen molar-refractivity contribution in [3.05, 3.63) is 69.1 Å². The highest BCUT2D eigenvalue weighted by Crippen LogP contribution is 2.47. The lowest BCUT2D eigenvalue weighted by molar-refractivity contribution is -0.337. The number of aryl methyl sites for hydroxylation is 1. The van der Waals surface area contributed by atoms with E-state index in [1.165, 1.54) is 30.5 Å². The Balaban J connectivity index is 1.66. The largest absolute Gasteiger partial charge is 0.460 e. The number of hydrogen-bond donors (Lipinski definition) is 4. The quantitative estimate of drug-likeness (QED) is 0.227. The minimum absolute atomic E-state index is 0.0259. The number of hydrazone groups is 1. The zero-order valence-corrected chi connectivity index (χ0v) is 24.7. The second-order valence-corrected chi connectivity index (χ2v) is 10.7. The van der Waals surface area contributed by atoms with Gasteiger partial charge in [0.1, 0.15) is 5.69 Å². The molecule has 11 nitrogen and oxygen atoms in total. The number of hydrazine groups is 2. The number of amidine groups is 1. The van der Waals surface area contributed by atoms with Gasteiger partial charge in [0, 0.05) is 17.3 Å². The predicted octanol–water partition coefficient (Wildman–Crippen LogP) is 5.24. The Morgan fingerprint density at radius 2 is 1.73 bits per heavy atom. The predicted molar refractivity (Wildman–Crippen MR) is 148 cm³/mol. The van der Waals surface area contributed by atoms with Gasteiger partial charge in [-0.2, -0.15) is 35.8 Å². The van der Waals surface area contributed by atoms with Crippen LogP contribution in [0.3, 0.4) is 0 Å². The van der Waals surface area contributed by atoms with E-state index in [0.717, 1.165) is 10.7 Å². The summed E-state index contributed by atoms with van der Waals surface area (Å²) in [6, 6.07) is 6.65. The van der Waals surface area contributed by atoms with Crippen LogP contribution in [-0.2, 0) is 6.54 Å². The minimum Gasteiger partial charge on any atom is -0.350 e. The van der Waals surface area contributed by atoms with Crippen LogP contribution in [-0.4, -0.2) is 61.6 Å². The van der Waals surface area contributed by atoms with Crippen LogP contribution < -0.4 is 21.6 Å². The van der Waals surface area contributed by atoms with Crippen LogP contribution in [0.1, 0.15) is 46.0 Å². The smallest absolute Gasteiger partial charge is 0.350 e. The molecule has 0 spiro atoms. The number of benzene rings is 1. The van der Waals surface area contributed by atoms with Crippen LogP contribution >= 0.6 is 23.2 Å². The third kappa shape index (κ3) is 6.76. The number of halogens is 9. The molecule has 4 rings (SSSR count). The van der Waals surface area contributed by atoms with Gasteiger partial charge in [-0.05, 0) is 56.7 Å². The third-order valence-corrected chi connectivity index (χ3v) is 6.54. The Morgan fingerprint density at radius 1 is 1.04 bits per heavy atom. The van der Waals surface area contributed by atoms with E-state index in [2.05, 4.69) is 25.8 Å². The zero-order valence-electron chi connectivity index (χ0n) is 23.2. The fourth-order valence-corrected chi connectivity index (χ4v) is 4.44. The van der Waals surface area contributed by atoms with E-state index in [0.29, 0.717) is 10.7 Å². The van der Waals surface area contributed by atoms with Gasteiger partial charge >= 0.3 is 18.0 Å². The summed E-state index contributed by atoms with van der Waals surface area (Å²) in [4.78, 5) is 30.6. The molecule has 3 heterocycles. The average molecular weight is 684 g/mol. The fraction of sp³-hybridized carbons (Fsp3) is 0.320. The summed E-state index contributed by atoms with van der Waals surface area (Å²) in [5.41, 5.74) is 3.70. The molecule has 45 heavy (non-hydrogen) atoms. The maximum absolute atomic E-state index is 14.1. The molecule has 2 amide bonds. The van der Waals surface area contributed by atoms with Crippen molar-refractivity contribution in [3.63, 3.8) is 0 Å². The lowest BCUT2D eigenvalue weighted by Gasteiger charge is -2.28. The summed E-state index contributed by atoms with van der Waals surface area (Å²) < 4.78 is 94.1. The second kappa shape index (κ2) is 12.3. The number of hydrogen-bond acceptors (Lipinski definition) is 8. The Kier molecular flexibility index (Phi) is 9.24. The van der Waals surface area contributed by atoms with Gasteiger partial charge in [-0.1, -0.05) is 23.2 Å². The van der Waals surface area contributed by atoms with Crippen LogP contribution in [0.2, 0.25) is 10.0 Å². The Labute approximate surface area is 259 Å². The summed E-state index contributed by atoms with van der Waals surface area (Å²) >= 11 is 12.4. The molecule has 20 heteroatoms. The first kappa shape index (κ1) is 33.7. The number of alkyl halides is 7.